The Morgan fingerprint density at radius 3 is 1.55 bits per heavy atom. The zero-order valence-corrected chi connectivity index (χ0v) is 17.0. The first-order valence-electron chi connectivity index (χ1n) is 9.57. The predicted molar refractivity (Wildman–Crippen MR) is 106 cm³/mol. The van der Waals surface area contributed by atoms with E-state index in [9.17, 15) is 0 Å². The van der Waals surface area contributed by atoms with Crippen molar-refractivity contribution >= 4 is 27.3 Å². The van der Waals surface area contributed by atoms with Crippen LogP contribution in [0.25, 0.3) is 0 Å². The van der Waals surface area contributed by atoms with Crippen molar-refractivity contribution in [2.45, 2.75) is 103 Å². The van der Waals surface area contributed by atoms with Crippen LogP contribution in [-0.2, 0) is 6.42 Å². The lowest BCUT2D eigenvalue weighted by molar-refractivity contribution is 0.536. The fraction of sp³-hybridized carbons (Fsp3) is 0.800. The zero-order valence-electron chi connectivity index (χ0n) is 14.5. The third kappa shape index (κ3) is 11.7. The van der Waals surface area contributed by atoms with E-state index in [1.54, 1.807) is 0 Å². The first kappa shape index (κ1) is 20.2. The number of aryl methyl sites for hydroxylation is 1. The molecule has 0 amide bonds. The van der Waals surface area contributed by atoms with Gasteiger partial charge in [-0.2, -0.15) is 0 Å². The molecule has 0 N–H and O–H groups in total. The second kappa shape index (κ2) is 14.8. The monoisotopic (exact) mass is 386 g/mol. The average Bonchev–Trinajstić information content (AvgIpc) is 2.93. The highest BCUT2D eigenvalue weighted by atomic mass is 79.9. The Bertz CT molecular complexity index is 345. The Morgan fingerprint density at radius 1 is 0.682 bits per heavy atom. The molecule has 1 aromatic heterocycles. The van der Waals surface area contributed by atoms with Crippen LogP contribution in [-0.4, -0.2) is 0 Å². The summed E-state index contributed by atoms with van der Waals surface area (Å²) < 4.78 is 1.27. The highest BCUT2D eigenvalue weighted by Crippen LogP contribution is 2.23. The minimum Gasteiger partial charge on any atom is -0.133 e. The fourth-order valence-electron chi connectivity index (χ4n) is 2.98. The molecule has 0 unspecified atom stereocenters. The van der Waals surface area contributed by atoms with Gasteiger partial charge in [-0.1, -0.05) is 90.4 Å². The van der Waals surface area contributed by atoms with Gasteiger partial charge in [-0.3, -0.25) is 0 Å². The van der Waals surface area contributed by atoms with E-state index in [0.717, 1.165) is 0 Å². The summed E-state index contributed by atoms with van der Waals surface area (Å²) in [6.07, 6.45) is 21.5. The lowest BCUT2D eigenvalue weighted by atomic mass is 10.0. The van der Waals surface area contributed by atoms with E-state index in [2.05, 4.69) is 35.0 Å². The van der Waals surface area contributed by atoms with Crippen LogP contribution in [0.15, 0.2) is 15.9 Å². The maximum Gasteiger partial charge on any atom is 0.0701 e. The SMILES string of the molecule is CCCCCCCCCCCCCCCCc1ccc(Br)s1. The molecule has 0 aliphatic heterocycles. The summed E-state index contributed by atoms with van der Waals surface area (Å²) in [5.74, 6) is 0. The van der Waals surface area contributed by atoms with Crippen molar-refractivity contribution in [3.63, 3.8) is 0 Å². The maximum atomic E-state index is 3.54. The van der Waals surface area contributed by atoms with E-state index in [1.807, 2.05) is 11.3 Å². The van der Waals surface area contributed by atoms with Crippen LogP contribution >= 0.6 is 27.3 Å². The van der Waals surface area contributed by atoms with Crippen molar-refractivity contribution in [1.82, 2.24) is 0 Å². The van der Waals surface area contributed by atoms with Crippen LogP contribution in [0.2, 0.25) is 0 Å². The first-order chi connectivity index (χ1) is 10.8. The quantitative estimate of drug-likeness (QED) is 0.265. The molecular weight excluding hydrogens is 352 g/mol. The molecule has 0 fully saturated rings. The van der Waals surface area contributed by atoms with Crippen LogP contribution in [0.3, 0.4) is 0 Å². The fourth-order valence-corrected chi connectivity index (χ4v) is 4.50. The van der Waals surface area contributed by atoms with E-state index in [-0.39, 0.29) is 0 Å². The molecule has 0 aliphatic rings. The Morgan fingerprint density at radius 2 is 1.14 bits per heavy atom. The van der Waals surface area contributed by atoms with Gasteiger partial charge in [0.25, 0.3) is 0 Å². The van der Waals surface area contributed by atoms with Crippen molar-refractivity contribution in [2.75, 3.05) is 0 Å². The summed E-state index contributed by atoms with van der Waals surface area (Å²) in [4.78, 5) is 1.53. The third-order valence-electron chi connectivity index (χ3n) is 4.41. The summed E-state index contributed by atoms with van der Waals surface area (Å²) in [5.41, 5.74) is 0. The molecular formula is C20H35BrS. The highest BCUT2D eigenvalue weighted by molar-refractivity contribution is 9.11. The average molecular weight is 387 g/mol. The van der Waals surface area contributed by atoms with Gasteiger partial charge in [0.05, 0.1) is 3.79 Å². The topological polar surface area (TPSA) is 0 Å². The Hall–Kier alpha value is 0.180. The summed E-state index contributed by atoms with van der Waals surface area (Å²) in [5, 5.41) is 0. The molecule has 0 saturated heterocycles. The van der Waals surface area contributed by atoms with Crippen molar-refractivity contribution in [3.8, 4) is 0 Å². The summed E-state index contributed by atoms with van der Waals surface area (Å²) in [6.45, 7) is 2.29. The van der Waals surface area contributed by atoms with Gasteiger partial charge in [0.15, 0.2) is 0 Å². The van der Waals surface area contributed by atoms with E-state index in [1.165, 1.54) is 105 Å². The molecule has 1 heterocycles. The Labute approximate surface area is 151 Å². The second-order valence-electron chi connectivity index (χ2n) is 6.55. The van der Waals surface area contributed by atoms with Gasteiger partial charge in [0.1, 0.15) is 0 Å². The highest BCUT2D eigenvalue weighted by Gasteiger charge is 1.98. The number of hydrogen-bond donors (Lipinski definition) is 0. The molecule has 0 radical (unpaired) electrons. The minimum atomic E-state index is 1.27. The summed E-state index contributed by atoms with van der Waals surface area (Å²) >= 11 is 5.42. The lowest BCUT2D eigenvalue weighted by Gasteiger charge is -2.03. The number of halogens is 1. The van der Waals surface area contributed by atoms with Crippen molar-refractivity contribution in [1.29, 1.82) is 0 Å². The van der Waals surface area contributed by atoms with Crippen LogP contribution in [0.4, 0.5) is 0 Å². The molecule has 22 heavy (non-hydrogen) atoms. The van der Waals surface area contributed by atoms with Gasteiger partial charge in [-0.25, -0.2) is 0 Å². The smallest absolute Gasteiger partial charge is 0.0701 e. The van der Waals surface area contributed by atoms with Gasteiger partial charge >= 0.3 is 0 Å². The van der Waals surface area contributed by atoms with Crippen LogP contribution in [0.5, 0.6) is 0 Å². The van der Waals surface area contributed by atoms with Gasteiger partial charge < -0.3 is 0 Å². The van der Waals surface area contributed by atoms with Gasteiger partial charge in [0.2, 0.25) is 0 Å². The largest absolute Gasteiger partial charge is 0.133 e. The van der Waals surface area contributed by atoms with Gasteiger partial charge in [-0.15, -0.1) is 11.3 Å². The number of hydrogen-bond acceptors (Lipinski definition) is 1. The second-order valence-corrected chi connectivity index (χ2v) is 9.10. The molecule has 1 rings (SSSR count). The van der Waals surface area contributed by atoms with Crippen molar-refractivity contribution < 1.29 is 0 Å². The van der Waals surface area contributed by atoms with Gasteiger partial charge in [-0.05, 0) is 40.9 Å². The molecule has 0 nitrogen and oxygen atoms in total. The molecule has 128 valence electrons. The van der Waals surface area contributed by atoms with E-state index >= 15 is 0 Å². The maximum absolute atomic E-state index is 3.54. The molecule has 0 bridgehead atoms. The Balaban J connectivity index is 1.73. The molecule has 0 spiro atoms. The molecule has 1 aromatic rings. The van der Waals surface area contributed by atoms with E-state index in [0.29, 0.717) is 0 Å². The minimum absolute atomic E-state index is 1.27. The standard InChI is InChI=1S/C20H35BrS/c1-2-3-4-5-6-7-8-9-10-11-12-13-14-15-16-19-17-18-20(21)22-19/h17-18H,2-16H2,1H3. The molecule has 0 saturated carbocycles. The van der Waals surface area contributed by atoms with Crippen molar-refractivity contribution in [3.05, 3.63) is 20.8 Å². The molecule has 2 heteroatoms. The molecule has 0 aromatic carbocycles. The van der Waals surface area contributed by atoms with Gasteiger partial charge in [0, 0.05) is 4.88 Å². The summed E-state index contributed by atoms with van der Waals surface area (Å²) in [7, 11) is 0. The van der Waals surface area contributed by atoms with Crippen LogP contribution in [0, 0.1) is 0 Å². The predicted octanol–water partition coefficient (Wildman–Crippen LogP) is 8.53. The number of rotatable bonds is 15. The van der Waals surface area contributed by atoms with Crippen LogP contribution < -0.4 is 0 Å². The van der Waals surface area contributed by atoms with Crippen molar-refractivity contribution in [2.24, 2.45) is 0 Å². The first-order valence-corrected chi connectivity index (χ1v) is 11.2. The normalized spacial score (nSPS) is 11.2. The number of thiophene rings is 1. The number of unbranched alkanes of at least 4 members (excludes halogenated alkanes) is 13. The third-order valence-corrected chi connectivity index (χ3v) is 6.09. The molecule has 0 atom stereocenters. The zero-order chi connectivity index (χ0) is 15.9. The van der Waals surface area contributed by atoms with E-state index < -0.39 is 0 Å². The van der Waals surface area contributed by atoms with Crippen LogP contribution in [0.1, 0.15) is 102 Å². The van der Waals surface area contributed by atoms with E-state index in [4.69, 9.17) is 0 Å². The molecule has 0 aliphatic carbocycles. The summed E-state index contributed by atoms with van der Waals surface area (Å²) in [6, 6.07) is 4.43. The lowest BCUT2D eigenvalue weighted by Crippen LogP contribution is -1.84. The Kier molecular flexibility index (Phi) is 13.6.